The van der Waals surface area contributed by atoms with Crippen molar-refractivity contribution in [2.24, 2.45) is 0 Å². The first-order valence-electron chi connectivity index (χ1n) is 14.1. The molecular formula is C33H30N6O3S. The minimum Gasteiger partial charge on any atom is -0.471 e. The van der Waals surface area contributed by atoms with E-state index in [4.69, 9.17) is 9.40 Å². The molecule has 4 aromatic heterocycles. The smallest absolute Gasteiger partial charge is 0.253 e. The molecule has 0 aliphatic carbocycles. The zero-order valence-electron chi connectivity index (χ0n) is 23.9. The van der Waals surface area contributed by atoms with Crippen molar-refractivity contribution in [1.82, 2.24) is 24.8 Å². The molecule has 5 heterocycles. The second-order valence-electron chi connectivity index (χ2n) is 10.7. The van der Waals surface area contributed by atoms with E-state index in [2.05, 4.69) is 21.9 Å². The molecule has 43 heavy (non-hydrogen) atoms. The van der Waals surface area contributed by atoms with E-state index in [1.807, 2.05) is 65.7 Å². The van der Waals surface area contributed by atoms with Crippen LogP contribution in [0.2, 0.25) is 0 Å². The number of benzene rings is 2. The number of furan rings is 1. The molecule has 216 valence electrons. The quantitative estimate of drug-likeness (QED) is 0.272. The molecule has 1 saturated heterocycles. The molecule has 1 fully saturated rings. The molecule has 10 heteroatoms. The first-order valence-corrected chi connectivity index (χ1v) is 15.2. The van der Waals surface area contributed by atoms with Crippen molar-refractivity contribution >= 4 is 44.5 Å². The van der Waals surface area contributed by atoms with Crippen molar-refractivity contribution in [2.45, 2.75) is 4.90 Å². The van der Waals surface area contributed by atoms with Crippen LogP contribution in [-0.2, 0) is 11.0 Å². The Morgan fingerprint density at radius 3 is 2.47 bits per heavy atom. The van der Waals surface area contributed by atoms with Crippen molar-refractivity contribution in [3.05, 3.63) is 97.3 Å². The predicted octanol–water partition coefficient (Wildman–Crippen LogP) is 5.58. The van der Waals surface area contributed by atoms with Gasteiger partial charge in [-0.3, -0.25) is 14.1 Å². The molecule has 0 saturated carbocycles. The molecule has 1 aliphatic heterocycles. The van der Waals surface area contributed by atoms with Gasteiger partial charge in [0.15, 0.2) is 11.0 Å². The lowest BCUT2D eigenvalue weighted by Gasteiger charge is -2.32. The zero-order chi connectivity index (χ0) is 29.5. The van der Waals surface area contributed by atoms with Gasteiger partial charge in [-0.15, -0.1) is 0 Å². The normalized spacial score (nSPS) is 14.8. The maximum atomic E-state index is 13.2. The second kappa shape index (κ2) is 11.1. The first-order chi connectivity index (χ1) is 21.0. The molecule has 9 nitrogen and oxygen atoms in total. The minimum absolute atomic E-state index is 0.0590. The van der Waals surface area contributed by atoms with E-state index >= 15 is 0 Å². The lowest BCUT2D eigenvalue weighted by atomic mass is 9.92. The van der Waals surface area contributed by atoms with E-state index < -0.39 is 11.0 Å². The van der Waals surface area contributed by atoms with Crippen LogP contribution in [-0.4, -0.2) is 75.1 Å². The maximum Gasteiger partial charge on any atom is 0.253 e. The van der Waals surface area contributed by atoms with Crippen molar-refractivity contribution in [1.29, 1.82) is 0 Å². The van der Waals surface area contributed by atoms with E-state index in [1.165, 1.54) is 12.5 Å². The van der Waals surface area contributed by atoms with E-state index in [0.29, 0.717) is 10.5 Å². The Morgan fingerprint density at radius 2 is 1.74 bits per heavy atom. The van der Waals surface area contributed by atoms with Crippen LogP contribution in [0.25, 0.3) is 44.2 Å². The van der Waals surface area contributed by atoms with Gasteiger partial charge in [-0.05, 0) is 66.7 Å². The number of carbonyl (C=O) groups excluding carboxylic acids is 1. The molecular weight excluding hydrogens is 560 g/mol. The third kappa shape index (κ3) is 4.98. The van der Waals surface area contributed by atoms with Crippen LogP contribution in [0.4, 0.5) is 5.69 Å². The van der Waals surface area contributed by atoms with E-state index in [9.17, 15) is 9.00 Å². The predicted molar refractivity (Wildman–Crippen MR) is 169 cm³/mol. The molecule has 1 amide bonds. The number of fused-ring (bicyclic) bond motifs is 3. The van der Waals surface area contributed by atoms with E-state index in [0.717, 1.165) is 76.1 Å². The van der Waals surface area contributed by atoms with Crippen LogP contribution in [0.5, 0.6) is 0 Å². The molecule has 0 bridgehead atoms. The van der Waals surface area contributed by atoms with Gasteiger partial charge in [0.2, 0.25) is 0 Å². The monoisotopic (exact) mass is 590 g/mol. The summed E-state index contributed by atoms with van der Waals surface area (Å²) in [4.78, 5) is 30.5. The van der Waals surface area contributed by atoms with Crippen molar-refractivity contribution in [3.63, 3.8) is 0 Å². The number of likely N-dealkylation sites (N-methyl/N-ethyl adjacent to an activating group) is 1. The van der Waals surface area contributed by atoms with Crippen LogP contribution in [0.3, 0.4) is 0 Å². The Labute approximate surface area is 251 Å². The number of hydrogen-bond donors (Lipinski definition) is 1. The van der Waals surface area contributed by atoms with Crippen LogP contribution in [0.15, 0.2) is 101 Å². The highest BCUT2D eigenvalue weighted by Crippen LogP contribution is 2.41. The van der Waals surface area contributed by atoms with Crippen molar-refractivity contribution in [3.8, 4) is 22.3 Å². The molecule has 1 atom stereocenters. The molecule has 7 rings (SSSR count). The van der Waals surface area contributed by atoms with Gasteiger partial charge < -0.3 is 19.2 Å². The molecule has 2 aromatic carbocycles. The van der Waals surface area contributed by atoms with Crippen molar-refractivity contribution < 1.29 is 13.4 Å². The number of pyridine rings is 2. The largest absolute Gasteiger partial charge is 0.471 e. The van der Waals surface area contributed by atoms with Gasteiger partial charge in [-0.25, -0.2) is 9.19 Å². The summed E-state index contributed by atoms with van der Waals surface area (Å²) in [5.74, 6) is 0.0590. The van der Waals surface area contributed by atoms with Crippen molar-refractivity contribution in [2.75, 3.05) is 44.6 Å². The van der Waals surface area contributed by atoms with Gasteiger partial charge in [0.05, 0.1) is 16.8 Å². The average molecular weight is 591 g/mol. The van der Waals surface area contributed by atoms with Crippen LogP contribution < -0.4 is 4.31 Å². The SMILES string of the molecule is CN1CCN(C(=O)c2ccc(-c3cnc4[nH]c5ccc(N(C)S(=O)c6ccoc6)cc5c4c3-c3ccncc3)cc2)CC1. The maximum absolute atomic E-state index is 13.2. The summed E-state index contributed by atoms with van der Waals surface area (Å²) in [6.45, 7) is 3.23. The summed E-state index contributed by atoms with van der Waals surface area (Å²) >= 11 is 0. The number of H-pyrrole nitrogens is 1. The number of nitrogens with zero attached hydrogens (tertiary/aromatic N) is 5. The minimum atomic E-state index is -1.43. The Bertz CT molecular complexity index is 1950. The highest BCUT2D eigenvalue weighted by molar-refractivity contribution is 7.86. The summed E-state index contributed by atoms with van der Waals surface area (Å²) < 4.78 is 20.1. The Balaban J connectivity index is 1.33. The summed E-state index contributed by atoms with van der Waals surface area (Å²) in [7, 11) is 2.46. The Hall–Kier alpha value is -4.80. The lowest BCUT2D eigenvalue weighted by Crippen LogP contribution is -2.47. The molecule has 6 aromatic rings. The summed E-state index contributed by atoms with van der Waals surface area (Å²) in [6.07, 6.45) is 8.47. The number of hydrogen-bond acceptors (Lipinski definition) is 6. The number of aromatic nitrogens is 3. The molecule has 1 aliphatic rings. The van der Waals surface area contributed by atoms with Crippen LogP contribution in [0, 0.1) is 0 Å². The van der Waals surface area contributed by atoms with Gasteiger partial charge in [0, 0.05) is 84.8 Å². The topological polar surface area (TPSA) is 98.6 Å². The third-order valence-electron chi connectivity index (χ3n) is 8.12. The number of aromatic amines is 1. The standard InChI is InChI=1S/C33H30N6O3S/c1-37-14-16-39(17-15-37)33(40)24-5-3-22(4-6-24)28-20-35-32-31(30(28)23-9-12-34-13-10-23)27-19-25(7-8-29(27)36-32)38(2)43(41)26-11-18-42-21-26/h3-13,18-21H,14-17H2,1-2H3,(H,35,36). The highest BCUT2D eigenvalue weighted by Gasteiger charge is 2.22. The fourth-order valence-corrected chi connectivity index (χ4v) is 6.60. The fourth-order valence-electron chi connectivity index (χ4n) is 5.67. The van der Waals surface area contributed by atoms with Gasteiger partial charge in [0.1, 0.15) is 11.9 Å². The number of nitrogens with one attached hydrogen (secondary N) is 1. The Morgan fingerprint density at radius 1 is 0.977 bits per heavy atom. The van der Waals surface area contributed by atoms with Gasteiger partial charge in [-0.2, -0.15) is 0 Å². The summed E-state index contributed by atoms with van der Waals surface area (Å²) in [5, 5.41) is 1.92. The van der Waals surface area contributed by atoms with Crippen LogP contribution in [0.1, 0.15) is 10.4 Å². The molecule has 0 spiro atoms. The molecule has 1 N–H and O–H groups in total. The van der Waals surface area contributed by atoms with Crippen LogP contribution >= 0.6 is 0 Å². The third-order valence-corrected chi connectivity index (χ3v) is 9.46. The molecule has 0 radical (unpaired) electrons. The summed E-state index contributed by atoms with van der Waals surface area (Å²) in [5.41, 5.74) is 7.06. The number of anilines is 1. The fraction of sp³-hybridized carbons (Fsp3) is 0.182. The van der Waals surface area contributed by atoms with Gasteiger partial charge in [-0.1, -0.05) is 12.1 Å². The first kappa shape index (κ1) is 27.1. The highest BCUT2D eigenvalue weighted by atomic mass is 32.2. The number of rotatable bonds is 6. The average Bonchev–Trinajstić information content (AvgIpc) is 3.72. The zero-order valence-corrected chi connectivity index (χ0v) is 24.7. The van der Waals surface area contributed by atoms with E-state index in [-0.39, 0.29) is 5.91 Å². The van der Waals surface area contributed by atoms with Gasteiger partial charge in [0.25, 0.3) is 5.91 Å². The lowest BCUT2D eigenvalue weighted by molar-refractivity contribution is 0.0664. The molecule has 1 unspecified atom stereocenters. The van der Waals surface area contributed by atoms with Gasteiger partial charge >= 0.3 is 0 Å². The number of piperazine rings is 1. The van der Waals surface area contributed by atoms with E-state index in [1.54, 1.807) is 29.8 Å². The Kier molecular flexibility index (Phi) is 7.00. The number of carbonyl (C=O) groups is 1. The number of amides is 1. The summed E-state index contributed by atoms with van der Waals surface area (Å²) in [6, 6.07) is 19.5. The second-order valence-corrected chi connectivity index (χ2v) is 12.3.